The minimum Gasteiger partial charge on any atom is -0.358 e. The van der Waals surface area contributed by atoms with Crippen molar-refractivity contribution >= 4 is 50.0 Å². The van der Waals surface area contributed by atoms with Crippen LogP contribution in [0.3, 0.4) is 0 Å². The van der Waals surface area contributed by atoms with E-state index in [1.807, 2.05) is 30.3 Å². The smallest absolute Gasteiger partial charge is 0.302 e. The van der Waals surface area contributed by atoms with Crippen molar-refractivity contribution in [1.29, 1.82) is 0 Å². The lowest BCUT2D eigenvalue weighted by atomic mass is 10.1. The fourth-order valence-electron chi connectivity index (χ4n) is 3.10. The molecule has 130 valence electrons. The number of hydrogen-bond donors (Lipinski definition) is 2. The normalized spacial score (nSPS) is 16.6. The number of H-pyrrole nitrogens is 1. The third-order valence-corrected chi connectivity index (χ3v) is 6.40. The molecule has 0 radical (unpaired) electrons. The van der Waals surface area contributed by atoms with Crippen LogP contribution in [0, 0.1) is 0 Å². The van der Waals surface area contributed by atoms with E-state index in [1.54, 1.807) is 12.3 Å². The zero-order chi connectivity index (χ0) is 17.6. The molecule has 3 aromatic rings. The summed E-state index contributed by atoms with van der Waals surface area (Å²) in [4.78, 5) is 3.01. The van der Waals surface area contributed by atoms with E-state index in [9.17, 15) is 8.42 Å². The van der Waals surface area contributed by atoms with Gasteiger partial charge in [-0.05, 0) is 23.6 Å². The molecule has 8 heteroatoms. The Kier molecular flexibility index (Phi) is 4.16. The molecule has 4 rings (SSSR count). The van der Waals surface area contributed by atoms with Crippen molar-refractivity contribution in [2.45, 2.75) is 13.0 Å². The van der Waals surface area contributed by atoms with Crippen molar-refractivity contribution in [3.05, 3.63) is 63.8 Å². The van der Waals surface area contributed by atoms with Crippen molar-refractivity contribution in [3.63, 3.8) is 0 Å². The summed E-state index contributed by atoms with van der Waals surface area (Å²) < 4.78 is 29.4. The lowest BCUT2D eigenvalue weighted by Gasteiger charge is -2.29. The van der Waals surface area contributed by atoms with E-state index in [0.717, 1.165) is 11.1 Å². The van der Waals surface area contributed by atoms with E-state index >= 15 is 0 Å². The zero-order valence-corrected chi connectivity index (χ0v) is 15.4. The summed E-state index contributed by atoms with van der Waals surface area (Å²) in [5.41, 5.74) is 3.04. The van der Waals surface area contributed by atoms with Gasteiger partial charge in [-0.3, -0.25) is 4.72 Å². The van der Waals surface area contributed by atoms with Crippen LogP contribution in [0.15, 0.2) is 42.6 Å². The highest BCUT2D eigenvalue weighted by Crippen LogP contribution is 2.40. The van der Waals surface area contributed by atoms with Gasteiger partial charge in [0, 0.05) is 24.7 Å². The van der Waals surface area contributed by atoms with Gasteiger partial charge in [0.15, 0.2) is 0 Å². The molecule has 0 unspecified atom stereocenters. The van der Waals surface area contributed by atoms with Crippen molar-refractivity contribution in [1.82, 2.24) is 9.29 Å². The first kappa shape index (κ1) is 16.7. The van der Waals surface area contributed by atoms with Gasteiger partial charge in [0.05, 0.1) is 21.2 Å². The molecule has 0 atom stereocenters. The molecule has 0 spiro atoms. The standard InChI is InChI=1S/C17H15Cl2N3O2S/c18-13-8-12-10-22(7-6-11-4-2-1-3-5-11)25(23,24)21-16(12)17-15(13)14(19)9-20-17/h1-5,8-9,20-21H,6-7,10H2. The predicted octanol–water partition coefficient (Wildman–Crippen LogP) is 4.19. The summed E-state index contributed by atoms with van der Waals surface area (Å²) in [5, 5.41) is 1.60. The maximum Gasteiger partial charge on any atom is 0.302 e. The SMILES string of the molecule is O=S1(=O)Nc2c(cc(Cl)c3c(Cl)c[nH]c23)CN1CCc1ccccc1. The summed E-state index contributed by atoms with van der Waals surface area (Å²) >= 11 is 12.5. The molecule has 2 aromatic carbocycles. The number of nitrogens with zero attached hydrogens (tertiary/aromatic N) is 1. The van der Waals surface area contributed by atoms with Crippen LogP contribution in [0.25, 0.3) is 10.9 Å². The number of aromatic nitrogens is 1. The highest BCUT2D eigenvalue weighted by Gasteiger charge is 2.31. The van der Waals surface area contributed by atoms with E-state index in [2.05, 4.69) is 9.71 Å². The van der Waals surface area contributed by atoms with Gasteiger partial charge in [0.1, 0.15) is 0 Å². The first-order valence-electron chi connectivity index (χ1n) is 7.75. The molecule has 2 heterocycles. The number of fused-ring (bicyclic) bond motifs is 3. The first-order chi connectivity index (χ1) is 12.0. The second kappa shape index (κ2) is 6.21. The van der Waals surface area contributed by atoms with Gasteiger partial charge >= 0.3 is 10.2 Å². The Bertz CT molecular complexity index is 1050. The third kappa shape index (κ3) is 3.00. The number of halogens is 2. The maximum atomic E-state index is 12.6. The van der Waals surface area contributed by atoms with Crippen LogP contribution in [0.4, 0.5) is 5.69 Å². The molecular weight excluding hydrogens is 381 g/mol. The molecule has 1 aromatic heterocycles. The van der Waals surface area contributed by atoms with Crippen LogP contribution < -0.4 is 4.72 Å². The van der Waals surface area contributed by atoms with Crippen LogP contribution >= 0.6 is 23.2 Å². The average Bonchev–Trinajstić information content (AvgIpc) is 2.97. The molecule has 0 amide bonds. The largest absolute Gasteiger partial charge is 0.358 e. The van der Waals surface area contributed by atoms with Gasteiger partial charge in [0.25, 0.3) is 0 Å². The lowest BCUT2D eigenvalue weighted by molar-refractivity contribution is 0.409. The molecule has 25 heavy (non-hydrogen) atoms. The van der Waals surface area contributed by atoms with E-state index in [-0.39, 0.29) is 6.54 Å². The summed E-state index contributed by atoms with van der Waals surface area (Å²) in [6, 6.07) is 11.6. The minimum atomic E-state index is -3.62. The van der Waals surface area contributed by atoms with Crippen LogP contribution in [0.1, 0.15) is 11.1 Å². The Morgan fingerprint density at radius 2 is 1.88 bits per heavy atom. The van der Waals surface area contributed by atoms with Gasteiger partial charge in [-0.1, -0.05) is 53.5 Å². The fraction of sp³-hybridized carbons (Fsp3) is 0.176. The van der Waals surface area contributed by atoms with Crippen molar-refractivity contribution in [2.75, 3.05) is 11.3 Å². The quantitative estimate of drug-likeness (QED) is 0.697. The second-order valence-corrected chi connectivity index (χ2v) is 8.44. The van der Waals surface area contributed by atoms with Gasteiger partial charge in [-0.2, -0.15) is 12.7 Å². The fourth-order valence-corrected chi connectivity index (χ4v) is 4.98. The lowest BCUT2D eigenvalue weighted by Crippen LogP contribution is -2.40. The van der Waals surface area contributed by atoms with Gasteiger partial charge in [-0.25, -0.2) is 0 Å². The van der Waals surface area contributed by atoms with E-state index in [0.29, 0.717) is 39.6 Å². The van der Waals surface area contributed by atoms with Crippen LogP contribution in [-0.4, -0.2) is 24.3 Å². The monoisotopic (exact) mass is 395 g/mol. The van der Waals surface area contributed by atoms with Crippen molar-refractivity contribution in [2.24, 2.45) is 0 Å². The third-order valence-electron chi connectivity index (χ3n) is 4.35. The summed E-state index contributed by atoms with van der Waals surface area (Å²) in [6.45, 7) is 0.656. The summed E-state index contributed by atoms with van der Waals surface area (Å²) in [7, 11) is -3.62. The molecule has 1 aliphatic heterocycles. The molecule has 0 aliphatic carbocycles. The Morgan fingerprint density at radius 3 is 2.64 bits per heavy atom. The molecule has 5 nitrogen and oxygen atoms in total. The number of rotatable bonds is 3. The Labute approximate surface area is 155 Å². The molecule has 0 bridgehead atoms. The number of aromatic amines is 1. The zero-order valence-electron chi connectivity index (χ0n) is 13.1. The highest BCUT2D eigenvalue weighted by molar-refractivity contribution is 7.90. The Morgan fingerprint density at radius 1 is 1.12 bits per heavy atom. The van der Waals surface area contributed by atoms with Crippen molar-refractivity contribution in [3.8, 4) is 0 Å². The summed E-state index contributed by atoms with van der Waals surface area (Å²) in [5.74, 6) is 0. The Hall–Kier alpha value is -1.73. The average molecular weight is 396 g/mol. The number of anilines is 1. The molecule has 2 N–H and O–H groups in total. The highest BCUT2D eigenvalue weighted by atomic mass is 35.5. The molecule has 0 saturated carbocycles. The van der Waals surface area contributed by atoms with E-state index in [4.69, 9.17) is 23.2 Å². The number of hydrogen-bond acceptors (Lipinski definition) is 2. The molecule has 1 aliphatic rings. The number of nitrogens with one attached hydrogen (secondary N) is 2. The van der Waals surface area contributed by atoms with Gasteiger partial charge < -0.3 is 4.98 Å². The molecule has 0 saturated heterocycles. The van der Waals surface area contributed by atoms with Crippen LogP contribution in [0.2, 0.25) is 10.0 Å². The Balaban J connectivity index is 1.68. The summed E-state index contributed by atoms with van der Waals surface area (Å²) in [6.07, 6.45) is 2.25. The van der Waals surface area contributed by atoms with Gasteiger partial charge in [0.2, 0.25) is 0 Å². The van der Waals surface area contributed by atoms with Crippen LogP contribution in [-0.2, 0) is 23.2 Å². The topological polar surface area (TPSA) is 65.2 Å². The second-order valence-electron chi connectivity index (χ2n) is 5.96. The van der Waals surface area contributed by atoms with E-state index in [1.165, 1.54) is 4.31 Å². The first-order valence-corrected chi connectivity index (χ1v) is 9.95. The minimum absolute atomic E-state index is 0.268. The number of benzene rings is 2. The van der Waals surface area contributed by atoms with Crippen molar-refractivity contribution < 1.29 is 8.42 Å². The van der Waals surface area contributed by atoms with E-state index < -0.39 is 10.2 Å². The van der Waals surface area contributed by atoms with Crippen LogP contribution in [0.5, 0.6) is 0 Å². The molecule has 0 fully saturated rings. The maximum absolute atomic E-state index is 12.6. The predicted molar refractivity (Wildman–Crippen MR) is 101 cm³/mol. The van der Waals surface area contributed by atoms with Gasteiger partial charge in [-0.15, -0.1) is 0 Å². The molecular formula is C17H15Cl2N3O2S.